The van der Waals surface area contributed by atoms with Gasteiger partial charge in [-0.2, -0.15) is 0 Å². The molecule has 0 saturated carbocycles. The Labute approximate surface area is 139 Å². The minimum absolute atomic E-state index is 0.00523. The highest BCUT2D eigenvalue weighted by molar-refractivity contribution is 7.88. The van der Waals surface area contributed by atoms with E-state index < -0.39 is 10.0 Å². The molecule has 1 saturated heterocycles. The second kappa shape index (κ2) is 6.61. The number of carbonyl (C=O) groups is 1. The second-order valence-electron chi connectivity index (χ2n) is 6.56. The van der Waals surface area contributed by atoms with Crippen LogP contribution in [0.25, 0.3) is 0 Å². The van der Waals surface area contributed by atoms with Crippen molar-refractivity contribution in [2.75, 3.05) is 24.7 Å². The summed E-state index contributed by atoms with van der Waals surface area (Å²) in [6.07, 6.45) is 2.36. The number of sulfonamides is 1. The van der Waals surface area contributed by atoms with Crippen LogP contribution in [0, 0.1) is 33.6 Å². The number of benzene rings is 1. The normalized spacial score (nSPS) is 17.3. The van der Waals surface area contributed by atoms with Gasteiger partial charge in [0.2, 0.25) is 15.9 Å². The average molecular weight is 338 g/mol. The molecule has 128 valence electrons. The molecule has 1 amide bonds. The Hall–Kier alpha value is -1.40. The van der Waals surface area contributed by atoms with Crippen molar-refractivity contribution >= 4 is 21.6 Å². The van der Waals surface area contributed by atoms with E-state index in [1.54, 1.807) is 0 Å². The number of carbonyl (C=O) groups excluding carboxylic acids is 1. The quantitative estimate of drug-likeness (QED) is 0.921. The first-order chi connectivity index (χ1) is 10.6. The summed E-state index contributed by atoms with van der Waals surface area (Å²) < 4.78 is 24.5. The second-order valence-corrected chi connectivity index (χ2v) is 8.54. The van der Waals surface area contributed by atoms with Crippen LogP contribution in [0.2, 0.25) is 0 Å². The molecule has 5 nitrogen and oxygen atoms in total. The average Bonchev–Trinajstić information content (AvgIpc) is 2.48. The number of anilines is 1. The summed E-state index contributed by atoms with van der Waals surface area (Å²) in [5, 5.41) is 3.08. The summed E-state index contributed by atoms with van der Waals surface area (Å²) in [5.74, 6) is -0.137. The summed E-state index contributed by atoms with van der Waals surface area (Å²) in [6, 6.07) is 2.13. The molecule has 1 heterocycles. The lowest BCUT2D eigenvalue weighted by Crippen LogP contribution is -2.41. The highest BCUT2D eigenvalue weighted by Gasteiger charge is 2.29. The SMILES string of the molecule is Cc1cc(C)c(C)c(NC(=O)C2CCN(S(C)(=O)=O)CC2)c1C. The van der Waals surface area contributed by atoms with Crippen LogP contribution < -0.4 is 5.32 Å². The Bertz CT molecular complexity index is 692. The van der Waals surface area contributed by atoms with Gasteiger partial charge in [0.15, 0.2) is 0 Å². The van der Waals surface area contributed by atoms with E-state index in [2.05, 4.69) is 11.4 Å². The van der Waals surface area contributed by atoms with Crippen molar-refractivity contribution in [1.29, 1.82) is 0 Å². The Kier molecular flexibility index (Phi) is 5.16. The van der Waals surface area contributed by atoms with E-state index in [0.717, 1.165) is 27.9 Å². The maximum Gasteiger partial charge on any atom is 0.227 e. The molecule has 23 heavy (non-hydrogen) atoms. The molecule has 0 aromatic heterocycles. The van der Waals surface area contributed by atoms with Crippen LogP contribution in [-0.4, -0.2) is 38.0 Å². The summed E-state index contributed by atoms with van der Waals surface area (Å²) >= 11 is 0. The lowest BCUT2D eigenvalue weighted by atomic mass is 9.95. The Morgan fingerprint density at radius 3 is 2.00 bits per heavy atom. The largest absolute Gasteiger partial charge is 0.325 e. The molecule has 0 bridgehead atoms. The highest BCUT2D eigenvalue weighted by atomic mass is 32.2. The van der Waals surface area contributed by atoms with E-state index >= 15 is 0 Å². The monoisotopic (exact) mass is 338 g/mol. The number of aryl methyl sites for hydroxylation is 2. The summed E-state index contributed by atoms with van der Waals surface area (Å²) in [6.45, 7) is 8.96. The Morgan fingerprint density at radius 2 is 1.57 bits per heavy atom. The molecule has 0 radical (unpaired) electrons. The van der Waals surface area contributed by atoms with Crippen LogP contribution in [0.1, 0.15) is 35.1 Å². The zero-order chi connectivity index (χ0) is 17.4. The summed E-state index contributed by atoms with van der Waals surface area (Å²) in [7, 11) is -3.16. The maximum absolute atomic E-state index is 12.6. The first kappa shape index (κ1) is 17.9. The van der Waals surface area contributed by atoms with Crippen LogP contribution >= 0.6 is 0 Å². The summed E-state index contributed by atoms with van der Waals surface area (Å²) in [5.41, 5.74) is 5.41. The topological polar surface area (TPSA) is 66.5 Å². The first-order valence-electron chi connectivity index (χ1n) is 7.94. The van der Waals surface area contributed by atoms with E-state index in [9.17, 15) is 13.2 Å². The third-order valence-corrected chi connectivity index (χ3v) is 6.21. The molecule has 1 aliphatic heterocycles. The van der Waals surface area contributed by atoms with Gasteiger partial charge >= 0.3 is 0 Å². The molecule has 1 N–H and O–H groups in total. The fourth-order valence-corrected chi connectivity index (χ4v) is 3.95. The first-order valence-corrected chi connectivity index (χ1v) is 9.79. The molecule has 1 aliphatic rings. The van der Waals surface area contributed by atoms with Gasteiger partial charge in [0, 0.05) is 24.7 Å². The lowest BCUT2D eigenvalue weighted by Gasteiger charge is -2.29. The van der Waals surface area contributed by atoms with Gasteiger partial charge in [-0.15, -0.1) is 0 Å². The van der Waals surface area contributed by atoms with Crippen molar-refractivity contribution < 1.29 is 13.2 Å². The number of nitrogens with one attached hydrogen (secondary N) is 1. The third-order valence-electron chi connectivity index (χ3n) is 4.91. The molecule has 0 spiro atoms. The zero-order valence-corrected chi connectivity index (χ0v) is 15.4. The molecule has 1 fully saturated rings. The fourth-order valence-electron chi connectivity index (χ4n) is 3.08. The minimum atomic E-state index is -3.16. The van der Waals surface area contributed by atoms with E-state index in [1.807, 2.05) is 27.7 Å². The highest BCUT2D eigenvalue weighted by Crippen LogP contribution is 2.28. The van der Waals surface area contributed by atoms with Crippen molar-refractivity contribution in [3.8, 4) is 0 Å². The molecular weight excluding hydrogens is 312 g/mol. The van der Waals surface area contributed by atoms with Crippen LogP contribution in [0.5, 0.6) is 0 Å². The number of hydrogen-bond donors (Lipinski definition) is 1. The molecule has 1 aromatic carbocycles. The van der Waals surface area contributed by atoms with Crippen LogP contribution in [-0.2, 0) is 14.8 Å². The molecular formula is C17H26N2O3S. The Balaban J connectivity index is 2.10. The number of piperidine rings is 1. The van der Waals surface area contributed by atoms with E-state index in [4.69, 9.17) is 0 Å². The Morgan fingerprint density at radius 1 is 1.09 bits per heavy atom. The molecule has 0 atom stereocenters. The van der Waals surface area contributed by atoms with Crippen molar-refractivity contribution in [2.24, 2.45) is 5.92 Å². The van der Waals surface area contributed by atoms with Gasteiger partial charge in [0.05, 0.1) is 6.26 Å². The summed E-state index contributed by atoms with van der Waals surface area (Å²) in [4.78, 5) is 12.6. The van der Waals surface area contributed by atoms with Gasteiger partial charge in [-0.1, -0.05) is 6.07 Å². The fraction of sp³-hybridized carbons (Fsp3) is 0.588. The number of rotatable bonds is 3. The minimum Gasteiger partial charge on any atom is -0.325 e. The van der Waals surface area contributed by atoms with Gasteiger partial charge in [0.25, 0.3) is 0 Å². The predicted molar refractivity (Wildman–Crippen MR) is 93.2 cm³/mol. The lowest BCUT2D eigenvalue weighted by molar-refractivity contribution is -0.120. The number of hydrogen-bond acceptors (Lipinski definition) is 3. The number of nitrogens with zero attached hydrogens (tertiary/aromatic N) is 1. The van der Waals surface area contributed by atoms with Crippen molar-refractivity contribution in [1.82, 2.24) is 4.31 Å². The van der Waals surface area contributed by atoms with Crippen molar-refractivity contribution in [3.05, 3.63) is 28.3 Å². The van der Waals surface area contributed by atoms with Gasteiger partial charge in [-0.05, 0) is 62.8 Å². The smallest absolute Gasteiger partial charge is 0.227 e. The van der Waals surface area contributed by atoms with Crippen molar-refractivity contribution in [3.63, 3.8) is 0 Å². The zero-order valence-electron chi connectivity index (χ0n) is 14.6. The van der Waals surface area contributed by atoms with Gasteiger partial charge in [-0.25, -0.2) is 12.7 Å². The van der Waals surface area contributed by atoms with E-state index in [1.165, 1.54) is 10.6 Å². The molecule has 6 heteroatoms. The maximum atomic E-state index is 12.6. The predicted octanol–water partition coefficient (Wildman–Crippen LogP) is 2.53. The molecule has 0 aliphatic carbocycles. The van der Waals surface area contributed by atoms with Crippen LogP contribution in [0.3, 0.4) is 0 Å². The molecule has 2 rings (SSSR count). The van der Waals surface area contributed by atoms with Gasteiger partial charge in [0.1, 0.15) is 0 Å². The molecule has 1 aromatic rings. The van der Waals surface area contributed by atoms with Crippen LogP contribution in [0.4, 0.5) is 5.69 Å². The van der Waals surface area contributed by atoms with E-state index in [0.29, 0.717) is 25.9 Å². The van der Waals surface area contributed by atoms with Crippen molar-refractivity contribution in [2.45, 2.75) is 40.5 Å². The van der Waals surface area contributed by atoms with Gasteiger partial charge < -0.3 is 5.32 Å². The number of amides is 1. The van der Waals surface area contributed by atoms with E-state index in [-0.39, 0.29) is 11.8 Å². The molecule has 0 unspecified atom stereocenters. The third kappa shape index (κ3) is 3.93. The standard InChI is InChI=1S/C17H26N2O3S/c1-11-10-12(2)14(4)16(13(11)3)18-17(20)15-6-8-19(9-7-15)23(5,21)22/h10,15H,6-9H2,1-5H3,(H,18,20). The van der Waals surface area contributed by atoms with Crippen LogP contribution in [0.15, 0.2) is 6.07 Å². The van der Waals surface area contributed by atoms with Gasteiger partial charge in [-0.3, -0.25) is 4.79 Å².